The average molecular weight is 260 g/mol. The average Bonchev–Trinajstić information content (AvgIpc) is 2.46. The first-order valence-corrected chi connectivity index (χ1v) is 6.15. The Hall–Kier alpha value is -2.01. The minimum atomic E-state index is 0.526. The number of benzene rings is 1. The standard InChI is InChI=1S/C14H16N2O3/c1-17-12-5-8-11(6-13(12)18-2)16-10-3-4-19-7-9(10)14(8)15/h5-6H,3-4,7H2,1-2H3,(H2,15,16). The van der Waals surface area contributed by atoms with Gasteiger partial charge in [0.05, 0.1) is 38.6 Å². The summed E-state index contributed by atoms with van der Waals surface area (Å²) in [6, 6.07) is 3.73. The third-order valence-corrected chi connectivity index (χ3v) is 3.45. The molecule has 100 valence electrons. The summed E-state index contributed by atoms with van der Waals surface area (Å²) in [5.74, 6) is 1.31. The van der Waals surface area contributed by atoms with Crippen molar-refractivity contribution < 1.29 is 14.2 Å². The molecule has 0 atom stereocenters. The maximum atomic E-state index is 6.24. The van der Waals surface area contributed by atoms with Crippen LogP contribution in [0.4, 0.5) is 5.69 Å². The van der Waals surface area contributed by atoms with Crippen LogP contribution in [0.3, 0.4) is 0 Å². The third kappa shape index (κ3) is 1.86. The molecule has 0 fully saturated rings. The van der Waals surface area contributed by atoms with Crippen LogP contribution in [-0.2, 0) is 17.8 Å². The molecule has 0 amide bonds. The smallest absolute Gasteiger partial charge is 0.162 e. The van der Waals surface area contributed by atoms with Crippen molar-refractivity contribution in [3.8, 4) is 11.5 Å². The van der Waals surface area contributed by atoms with Crippen LogP contribution >= 0.6 is 0 Å². The number of aromatic nitrogens is 1. The van der Waals surface area contributed by atoms with Gasteiger partial charge in [-0.3, -0.25) is 4.98 Å². The van der Waals surface area contributed by atoms with E-state index in [9.17, 15) is 0 Å². The van der Waals surface area contributed by atoms with Crippen molar-refractivity contribution >= 4 is 16.6 Å². The Bertz CT molecular complexity index is 635. The quantitative estimate of drug-likeness (QED) is 0.893. The fourth-order valence-corrected chi connectivity index (χ4v) is 2.42. The van der Waals surface area contributed by atoms with Crippen LogP contribution in [0, 0.1) is 0 Å². The molecule has 0 bridgehead atoms. The number of methoxy groups -OCH3 is 2. The zero-order chi connectivity index (χ0) is 13.4. The Balaban J connectivity index is 2.29. The van der Waals surface area contributed by atoms with Crippen LogP contribution < -0.4 is 15.2 Å². The molecule has 0 aliphatic carbocycles. The number of anilines is 1. The Morgan fingerprint density at radius 3 is 2.68 bits per heavy atom. The molecule has 3 rings (SSSR count). The van der Waals surface area contributed by atoms with Gasteiger partial charge in [0.25, 0.3) is 0 Å². The molecule has 5 nitrogen and oxygen atoms in total. The van der Waals surface area contributed by atoms with E-state index in [4.69, 9.17) is 19.9 Å². The summed E-state index contributed by atoms with van der Waals surface area (Å²) in [7, 11) is 3.22. The van der Waals surface area contributed by atoms with Gasteiger partial charge in [-0.2, -0.15) is 0 Å². The van der Waals surface area contributed by atoms with E-state index >= 15 is 0 Å². The maximum absolute atomic E-state index is 6.24. The van der Waals surface area contributed by atoms with Crippen molar-refractivity contribution in [1.29, 1.82) is 0 Å². The Morgan fingerprint density at radius 2 is 1.95 bits per heavy atom. The number of pyridine rings is 1. The van der Waals surface area contributed by atoms with Gasteiger partial charge in [0, 0.05) is 29.1 Å². The van der Waals surface area contributed by atoms with E-state index in [1.54, 1.807) is 14.2 Å². The molecule has 0 saturated carbocycles. The summed E-state index contributed by atoms with van der Waals surface area (Å²) in [6.45, 7) is 1.22. The highest BCUT2D eigenvalue weighted by atomic mass is 16.5. The monoisotopic (exact) mass is 260 g/mol. The van der Waals surface area contributed by atoms with Gasteiger partial charge in [-0.05, 0) is 6.07 Å². The van der Waals surface area contributed by atoms with Gasteiger partial charge >= 0.3 is 0 Å². The van der Waals surface area contributed by atoms with E-state index in [0.29, 0.717) is 24.7 Å². The number of nitrogens with zero attached hydrogens (tertiary/aromatic N) is 1. The Kier molecular flexibility index (Phi) is 2.91. The zero-order valence-corrected chi connectivity index (χ0v) is 11.0. The largest absolute Gasteiger partial charge is 0.493 e. The number of fused-ring (bicyclic) bond motifs is 2. The van der Waals surface area contributed by atoms with Crippen molar-refractivity contribution in [2.24, 2.45) is 0 Å². The summed E-state index contributed by atoms with van der Waals surface area (Å²) in [4.78, 5) is 4.67. The van der Waals surface area contributed by atoms with Crippen molar-refractivity contribution in [2.45, 2.75) is 13.0 Å². The maximum Gasteiger partial charge on any atom is 0.162 e. The first-order valence-electron chi connectivity index (χ1n) is 6.15. The highest BCUT2D eigenvalue weighted by Gasteiger charge is 2.18. The molecule has 19 heavy (non-hydrogen) atoms. The molecule has 0 radical (unpaired) electrons. The molecule has 1 aromatic carbocycles. The second-order valence-electron chi connectivity index (χ2n) is 4.48. The molecule has 1 aromatic heterocycles. The van der Waals surface area contributed by atoms with Gasteiger partial charge in [0.1, 0.15) is 0 Å². The SMILES string of the molecule is COc1cc2nc3c(c(N)c2cc1OC)COCC3. The highest BCUT2D eigenvalue weighted by molar-refractivity contribution is 5.94. The van der Waals surface area contributed by atoms with Gasteiger partial charge in [-0.15, -0.1) is 0 Å². The van der Waals surface area contributed by atoms with E-state index in [0.717, 1.165) is 34.3 Å². The van der Waals surface area contributed by atoms with Crippen LogP contribution in [-0.4, -0.2) is 25.8 Å². The fraction of sp³-hybridized carbons (Fsp3) is 0.357. The number of nitrogen functional groups attached to an aromatic ring is 1. The molecule has 0 spiro atoms. The molecular formula is C14H16N2O3. The normalized spacial score (nSPS) is 14.2. The van der Waals surface area contributed by atoms with E-state index < -0.39 is 0 Å². The van der Waals surface area contributed by atoms with Gasteiger partial charge < -0.3 is 19.9 Å². The summed E-state index contributed by atoms with van der Waals surface area (Å²) in [6.07, 6.45) is 0.795. The van der Waals surface area contributed by atoms with Crippen molar-refractivity contribution in [2.75, 3.05) is 26.6 Å². The number of hydrogen-bond donors (Lipinski definition) is 1. The third-order valence-electron chi connectivity index (χ3n) is 3.45. The van der Waals surface area contributed by atoms with E-state index in [1.807, 2.05) is 12.1 Å². The second-order valence-corrected chi connectivity index (χ2v) is 4.48. The van der Waals surface area contributed by atoms with Crippen LogP contribution in [0.25, 0.3) is 10.9 Å². The highest BCUT2D eigenvalue weighted by Crippen LogP contribution is 2.36. The molecule has 2 heterocycles. The molecule has 2 N–H and O–H groups in total. The van der Waals surface area contributed by atoms with Crippen LogP contribution in [0.15, 0.2) is 12.1 Å². The molecule has 1 aliphatic rings. The lowest BCUT2D eigenvalue weighted by Gasteiger charge is -2.19. The molecule has 2 aromatic rings. The first kappa shape index (κ1) is 12.0. The van der Waals surface area contributed by atoms with Crippen LogP contribution in [0.2, 0.25) is 0 Å². The van der Waals surface area contributed by atoms with Crippen molar-refractivity contribution in [3.05, 3.63) is 23.4 Å². The van der Waals surface area contributed by atoms with E-state index in [2.05, 4.69) is 4.98 Å². The topological polar surface area (TPSA) is 66.6 Å². The van der Waals surface area contributed by atoms with E-state index in [-0.39, 0.29) is 0 Å². The molecule has 5 heteroatoms. The lowest BCUT2D eigenvalue weighted by molar-refractivity contribution is 0.110. The lowest BCUT2D eigenvalue weighted by Crippen LogP contribution is -2.14. The molecule has 1 aliphatic heterocycles. The van der Waals surface area contributed by atoms with Gasteiger partial charge in [0.2, 0.25) is 0 Å². The van der Waals surface area contributed by atoms with Crippen molar-refractivity contribution in [3.63, 3.8) is 0 Å². The lowest BCUT2D eigenvalue weighted by atomic mass is 10.0. The summed E-state index contributed by atoms with van der Waals surface area (Å²) < 4.78 is 16.1. The van der Waals surface area contributed by atoms with Crippen molar-refractivity contribution in [1.82, 2.24) is 4.98 Å². The summed E-state index contributed by atoms with van der Waals surface area (Å²) in [5.41, 5.74) is 9.80. The van der Waals surface area contributed by atoms with Gasteiger partial charge in [0.15, 0.2) is 11.5 Å². The van der Waals surface area contributed by atoms with Gasteiger partial charge in [-0.1, -0.05) is 0 Å². The Labute approximate surface area is 111 Å². The van der Waals surface area contributed by atoms with Crippen LogP contribution in [0.1, 0.15) is 11.3 Å². The second kappa shape index (κ2) is 4.59. The zero-order valence-electron chi connectivity index (χ0n) is 11.0. The first-order chi connectivity index (χ1) is 9.24. The summed E-state index contributed by atoms with van der Waals surface area (Å²) >= 11 is 0. The predicted molar refractivity (Wildman–Crippen MR) is 72.6 cm³/mol. The minimum Gasteiger partial charge on any atom is -0.493 e. The van der Waals surface area contributed by atoms with Gasteiger partial charge in [-0.25, -0.2) is 0 Å². The fourth-order valence-electron chi connectivity index (χ4n) is 2.42. The van der Waals surface area contributed by atoms with Crippen LogP contribution in [0.5, 0.6) is 11.5 Å². The summed E-state index contributed by atoms with van der Waals surface area (Å²) in [5, 5.41) is 0.877. The number of ether oxygens (including phenoxy) is 3. The minimum absolute atomic E-state index is 0.526. The number of rotatable bonds is 2. The molecule has 0 unspecified atom stereocenters. The van der Waals surface area contributed by atoms with E-state index in [1.165, 1.54) is 0 Å². The molecular weight excluding hydrogens is 244 g/mol. The number of nitrogens with two attached hydrogens (primary N) is 1. The molecule has 0 saturated heterocycles. The Morgan fingerprint density at radius 1 is 1.21 bits per heavy atom. The predicted octanol–water partition coefficient (Wildman–Crippen LogP) is 1.91. The number of hydrogen-bond acceptors (Lipinski definition) is 5.